The zero-order valence-electron chi connectivity index (χ0n) is 17.0. The largest absolute Gasteiger partial charge is 0.364 e. The van der Waals surface area contributed by atoms with Gasteiger partial charge in [0.2, 0.25) is 16.0 Å². The fourth-order valence-corrected chi connectivity index (χ4v) is 3.81. The number of carbonyl (C=O) groups is 1. The van der Waals surface area contributed by atoms with E-state index in [1.54, 1.807) is 16.6 Å². The predicted octanol–water partition coefficient (Wildman–Crippen LogP) is 3.52. The molecule has 0 atom stereocenters. The number of hydrogen-bond donors (Lipinski definition) is 2. The van der Waals surface area contributed by atoms with Gasteiger partial charge < -0.3 is 15.5 Å². The Morgan fingerprint density at radius 1 is 1.31 bits per heavy atom. The van der Waals surface area contributed by atoms with Crippen molar-refractivity contribution in [2.45, 2.75) is 45.2 Å². The van der Waals surface area contributed by atoms with Gasteiger partial charge in [0.15, 0.2) is 5.82 Å². The number of fused-ring (bicyclic) bond motifs is 1. The third-order valence-corrected chi connectivity index (χ3v) is 5.48. The Balaban J connectivity index is 1.66. The first kappa shape index (κ1) is 19.6. The highest BCUT2D eigenvalue weighted by Crippen LogP contribution is 2.34. The minimum absolute atomic E-state index is 0.00267. The zero-order valence-corrected chi connectivity index (χ0v) is 17.8. The summed E-state index contributed by atoms with van der Waals surface area (Å²) < 4.78 is 15.1. The van der Waals surface area contributed by atoms with Gasteiger partial charge in [-0.3, -0.25) is 4.79 Å². The number of amides is 1. The van der Waals surface area contributed by atoms with Crippen LogP contribution in [0, 0.1) is 5.82 Å². The Bertz CT molecular complexity index is 1030. The highest BCUT2D eigenvalue weighted by atomic mass is 32.1. The van der Waals surface area contributed by atoms with Crippen molar-refractivity contribution in [2.75, 3.05) is 23.8 Å². The lowest BCUT2D eigenvalue weighted by atomic mass is 10.1. The summed E-state index contributed by atoms with van der Waals surface area (Å²) in [5, 5.41) is 11.9. The molecule has 2 heterocycles. The van der Waals surface area contributed by atoms with Crippen molar-refractivity contribution in [2.24, 2.45) is 0 Å². The summed E-state index contributed by atoms with van der Waals surface area (Å²) >= 11 is 1.41. The van der Waals surface area contributed by atoms with Gasteiger partial charge in [-0.2, -0.15) is 4.52 Å². The van der Waals surface area contributed by atoms with Crippen LogP contribution in [0.4, 0.5) is 15.3 Å². The van der Waals surface area contributed by atoms with Gasteiger partial charge in [0.25, 0.3) is 0 Å². The third kappa shape index (κ3) is 4.50. The van der Waals surface area contributed by atoms with Gasteiger partial charge in [-0.1, -0.05) is 11.3 Å². The molecule has 0 unspecified atom stereocenters. The second-order valence-corrected chi connectivity index (χ2v) is 9.40. The van der Waals surface area contributed by atoms with Gasteiger partial charge in [-0.15, -0.1) is 5.10 Å². The summed E-state index contributed by atoms with van der Waals surface area (Å²) in [6, 6.07) is 6.62. The van der Waals surface area contributed by atoms with Crippen molar-refractivity contribution in [1.29, 1.82) is 0 Å². The molecule has 2 N–H and O–H groups in total. The molecule has 1 aliphatic rings. The topological polar surface area (TPSA) is 74.6 Å². The number of nitrogens with one attached hydrogen (secondary N) is 2. The maximum absolute atomic E-state index is 13.4. The minimum Gasteiger partial charge on any atom is -0.364 e. The molecule has 29 heavy (non-hydrogen) atoms. The average Bonchev–Trinajstić information content (AvgIpc) is 3.23. The quantitative estimate of drug-likeness (QED) is 0.643. The highest BCUT2D eigenvalue weighted by Gasteiger charge is 2.25. The van der Waals surface area contributed by atoms with Crippen molar-refractivity contribution < 1.29 is 9.18 Å². The SMILES string of the molecule is CN(CC(=O)NC1CC1)c1nn2c(NC(C)(C)C)c(-c3ccc(F)cc3)nc2s1. The van der Waals surface area contributed by atoms with Gasteiger partial charge in [0.05, 0.1) is 6.54 Å². The van der Waals surface area contributed by atoms with Crippen LogP contribution in [0.2, 0.25) is 0 Å². The summed E-state index contributed by atoms with van der Waals surface area (Å²) in [6.07, 6.45) is 2.13. The third-order valence-electron chi connectivity index (χ3n) is 4.45. The molecular formula is C20H25FN6OS. The molecule has 3 aromatic rings. The number of nitrogens with zero attached hydrogens (tertiary/aromatic N) is 4. The Hall–Kier alpha value is -2.68. The second kappa shape index (κ2) is 7.29. The number of likely N-dealkylation sites (N-methyl/N-ethyl adjacent to an activating group) is 1. The van der Waals surface area contributed by atoms with Crippen LogP contribution in [0.25, 0.3) is 16.2 Å². The molecule has 4 rings (SSSR count). The van der Waals surface area contributed by atoms with E-state index in [0.717, 1.165) is 29.9 Å². The van der Waals surface area contributed by atoms with Crippen molar-refractivity contribution in [1.82, 2.24) is 19.9 Å². The van der Waals surface area contributed by atoms with E-state index < -0.39 is 0 Å². The van der Waals surface area contributed by atoms with Crippen LogP contribution in [0.15, 0.2) is 24.3 Å². The average molecular weight is 417 g/mol. The number of halogens is 1. The van der Waals surface area contributed by atoms with Gasteiger partial charge in [0, 0.05) is 24.2 Å². The number of carbonyl (C=O) groups excluding carboxylic acids is 1. The van der Waals surface area contributed by atoms with E-state index in [1.165, 1.54) is 23.5 Å². The first-order valence-electron chi connectivity index (χ1n) is 9.64. The molecule has 154 valence electrons. The van der Waals surface area contributed by atoms with E-state index in [2.05, 4.69) is 31.4 Å². The van der Waals surface area contributed by atoms with Gasteiger partial charge in [0.1, 0.15) is 11.5 Å². The normalized spacial score (nSPS) is 14.2. The van der Waals surface area contributed by atoms with E-state index in [4.69, 9.17) is 10.1 Å². The van der Waals surface area contributed by atoms with E-state index in [0.29, 0.717) is 16.1 Å². The number of imidazole rings is 1. The zero-order chi connectivity index (χ0) is 20.8. The van der Waals surface area contributed by atoms with E-state index >= 15 is 0 Å². The predicted molar refractivity (Wildman–Crippen MR) is 114 cm³/mol. The molecule has 1 amide bonds. The molecule has 0 radical (unpaired) electrons. The number of hydrogen-bond acceptors (Lipinski definition) is 6. The Morgan fingerprint density at radius 3 is 2.62 bits per heavy atom. The van der Waals surface area contributed by atoms with Crippen LogP contribution < -0.4 is 15.5 Å². The number of rotatable bonds is 6. The molecule has 2 aromatic heterocycles. The minimum atomic E-state index is -0.286. The van der Waals surface area contributed by atoms with Gasteiger partial charge >= 0.3 is 0 Å². The Labute approximate surface area is 172 Å². The summed E-state index contributed by atoms with van der Waals surface area (Å²) in [5.41, 5.74) is 1.32. The lowest BCUT2D eigenvalue weighted by Crippen LogP contribution is -2.36. The molecular weight excluding hydrogens is 391 g/mol. The molecule has 1 aromatic carbocycles. The number of benzene rings is 1. The Morgan fingerprint density at radius 2 is 2.00 bits per heavy atom. The van der Waals surface area contributed by atoms with E-state index in [9.17, 15) is 9.18 Å². The maximum Gasteiger partial charge on any atom is 0.239 e. The molecule has 0 saturated heterocycles. The van der Waals surface area contributed by atoms with E-state index in [1.807, 2.05) is 11.9 Å². The summed E-state index contributed by atoms with van der Waals surface area (Å²) in [6.45, 7) is 6.42. The Kier molecular flexibility index (Phi) is 4.94. The lowest BCUT2D eigenvalue weighted by Gasteiger charge is -2.22. The van der Waals surface area contributed by atoms with Gasteiger partial charge in [-0.05, 0) is 57.9 Å². The molecule has 1 fully saturated rings. The number of aromatic nitrogens is 3. The molecule has 0 bridgehead atoms. The van der Waals surface area contributed by atoms with Crippen LogP contribution in [-0.2, 0) is 4.79 Å². The fraction of sp³-hybridized carbons (Fsp3) is 0.450. The van der Waals surface area contributed by atoms with Crippen LogP contribution in [0.3, 0.4) is 0 Å². The van der Waals surface area contributed by atoms with Crippen LogP contribution in [0.5, 0.6) is 0 Å². The molecule has 9 heteroatoms. The van der Waals surface area contributed by atoms with Crippen molar-refractivity contribution in [3.05, 3.63) is 30.1 Å². The van der Waals surface area contributed by atoms with Crippen LogP contribution in [-0.4, -0.2) is 45.7 Å². The molecule has 0 spiro atoms. The van der Waals surface area contributed by atoms with Crippen LogP contribution >= 0.6 is 11.3 Å². The smallest absolute Gasteiger partial charge is 0.239 e. The van der Waals surface area contributed by atoms with Gasteiger partial charge in [-0.25, -0.2) is 9.37 Å². The first-order valence-corrected chi connectivity index (χ1v) is 10.5. The van der Waals surface area contributed by atoms with E-state index in [-0.39, 0.29) is 23.8 Å². The first-order chi connectivity index (χ1) is 13.7. The van der Waals surface area contributed by atoms with Crippen molar-refractivity contribution in [3.63, 3.8) is 0 Å². The second-order valence-electron chi connectivity index (χ2n) is 8.47. The molecule has 1 saturated carbocycles. The fourth-order valence-electron chi connectivity index (χ4n) is 2.95. The number of anilines is 2. The molecule has 0 aliphatic heterocycles. The summed E-state index contributed by atoms with van der Waals surface area (Å²) in [4.78, 5) is 19.4. The summed E-state index contributed by atoms with van der Waals surface area (Å²) in [5.74, 6) is 0.465. The highest BCUT2D eigenvalue weighted by molar-refractivity contribution is 7.20. The lowest BCUT2D eigenvalue weighted by molar-refractivity contribution is -0.119. The summed E-state index contributed by atoms with van der Waals surface area (Å²) in [7, 11) is 1.85. The maximum atomic E-state index is 13.4. The monoisotopic (exact) mass is 416 g/mol. The van der Waals surface area contributed by atoms with Crippen molar-refractivity contribution in [3.8, 4) is 11.3 Å². The van der Waals surface area contributed by atoms with Crippen LogP contribution in [0.1, 0.15) is 33.6 Å². The molecule has 1 aliphatic carbocycles. The standard InChI is InChI=1S/C20H25FN6OS/c1-20(2,3)24-17-16(12-5-7-13(21)8-6-12)23-18-27(17)25-19(29-18)26(4)11-15(28)22-14-9-10-14/h5-8,14,24H,9-11H2,1-4H3,(H,22,28). The molecule has 7 nitrogen and oxygen atoms in total. The van der Waals surface area contributed by atoms with Crippen molar-refractivity contribution >= 4 is 33.2 Å².